The number of nitrogens with zero attached hydrogens (tertiary/aromatic N) is 1. The van der Waals surface area contributed by atoms with Gasteiger partial charge >= 0.3 is 0 Å². The maximum atomic E-state index is 13.7. The summed E-state index contributed by atoms with van der Waals surface area (Å²) in [6, 6.07) is 1.48. The van der Waals surface area contributed by atoms with E-state index in [-0.39, 0.29) is 5.88 Å². The molecule has 1 aromatic heterocycles. The molecular weight excluding hydrogens is 185 g/mol. The molecular formula is C10H10FNO2. The first-order valence-corrected chi connectivity index (χ1v) is 4.33. The number of hydrogen-bond acceptors (Lipinski definition) is 3. The summed E-state index contributed by atoms with van der Waals surface area (Å²) in [5.41, 5.74) is -0.163. The molecule has 1 unspecified atom stereocenters. The van der Waals surface area contributed by atoms with E-state index >= 15 is 0 Å². The zero-order chi connectivity index (χ0) is 10.3. The number of alkyl halides is 1. The molecule has 0 saturated heterocycles. The molecule has 74 valence electrons. The van der Waals surface area contributed by atoms with Crippen LogP contribution in [0.15, 0.2) is 12.3 Å². The molecule has 0 N–H and O–H groups in total. The lowest BCUT2D eigenvalue weighted by atomic mass is 9.99. The molecule has 1 atom stereocenters. The maximum absolute atomic E-state index is 13.7. The molecule has 0 saturated carbocycles. The Kier molecular flexibility index (Phi) is 1.80. The summed E-state index contributed by atoms with van der Waals surface area (Å²) >= 11 is 0. The van der Waals surface area contributed by atoms with Crippen molar-refractivity contribution in [2.24, 2.45) is 0 Å². The van der Waals surface area contributed by atoms with Gasteiger partial charge < -0.3 is 4.74 Å². The van der Waals surface area contributed by atoms with E-state index in [4.69, 9.17) is 4.74 Å². The van der Waals surface area contributed by atoms with E-state index in [1.165, 1.54) is 12.3 Å². The van der Waals surface area contributed by atoms with E-state index in [0.29, 0.717) is 17.4 Å². The highest BCUT2D eigenvalue weighted by atomic mass is 19.1. The number of pyridine rings is 1. The summed E-state index contributed by atoms with van der Waals surface area (Å²) in [4.78, 5) is 14.4. The van der Waals surface area contributed by atoms with Gasteiger partial charge in [0.1, 0.15) is 5.60 Å². The van der Waals surface area contributed by atoms with Crippen LogP contribution in [-0.4, -0.2) is 16.9 Å². The second-order valence-electron chi connectivity index (χ2n) is 3.85. The van der Waals surface area contributed by atoms with Crippen LogP contribution in [0.1, 0.15) is 35.9 Å². The Hall–Kier alpha value is -1.45. The molecule has 1 aliphatic rings. The molecule has 1 aliphatic heterocycles. The van der Waals surface area contributed by atoms with Gasteiger partial charge in [-0.3, -0.25) is 4.79 Å². The fourth-order valence-corrected chi connectivity index (χ4v) is 1.49. The quantitative estimate of drug-likeness (QED) is 0.644. The fraction of sp³-hybridized carbons (Fsp3) is 0.400. The first kappa shape index (κ1) is 9.12. The molecule has 0 fully saturated rings. The number of rotatable bonds is 1. The van der Waals surface area contributed by atoms with E-state index in [2.05, 4.69) is 4.98 Å². The minimum Gasteiger partial charge on any atom is -0.468 e. The lowest BCUT2D eigenvalue weighted by Crippen LogP contribution is -2.27. The molecule has 0 aliphatic carbocycles. The van der Waals surface area contributed by atoms with Crippen molar-refractivity contribution < 1.29 is 13.9 Å². The number of ether oxygens (including phenoxy) is 1. The summed E-state index contributed by atoms with van der Waals surface area (Å²) in [5.74, 6) is 0.285. The van der Waals surface area contributed by atoms with Gasteiger partial charge in [-0.05, 0) is 19.9 Å². The van der Waals surface area contributed by atoms with E-state index in [1.807, 2.05) is 0 Å². The summed E-state index contributed by atoms with van der Waals surface area (Å²) in [5, 5.41) is 0. The van der Waals surface area contributed by atoms with Crippen LogP contribution < -0.4 is 4.74 Å². The third kappa shape index (κ3) is 1.18. The number of aldehydes is 1. The SMILES string of the molecule is CC1(C)Oc2ncc(C=O)cc2C1F. The lowest BCUT2D eigenvalue weighted by molar-refractivity contribution is 0.0504. The van der Waals surface area contributed by atoms with Crippen LogP contribution in [0.25, 0.3) is 0 Å². The Bertz CT molecular complexity index is 390. The molecule has 3 nitrogen and oxygen atoms in total. The van der Waals surface area contributed by atoms with Gasteiger partial charge in [0.25, 0.3) is 0 Å². The second kappa shape index (κ2) is 2.77. The van der Waals surface area contributed by atoms with Crippen LogP contribution in [0.2, 0.25) is 0 Å². The highest BCUT2D eigenvalue weighted by Crippen LogP contribution is 2.44. The van der Waals surface area contributed by atoms with Crippen molar-refractivity contribution in [3.05, 3.63) is 23.4 Å². The monoisotopic (exact) mass is 195 g/mol. The van der Waals surface area contributed by atoms with Crippen LogP contribution in [0.3, 0.4) is 0 Å². The van der Waals surface area contributed by atoms with Crippen LogP contribution >= 0.6 is 0 Å². The number of fused-ring (bicyclic) bond motifs is 1. The Morgan fingerprint density at radius 1 is 1.64 bits per heavy atom. The van der Waals surface area contributed by atoms with Crippen molar-refractivity contribution in [3.8, 4) is 5.88 Å². The van der Waals surface area contributed by atoms with Gasteiger partial charge in [-0.1, -0.05) is 0 Å². The zero-order valence-corrected chi connectivity index (χ0v) is 7.95. The lowest BCUT2D eigenvalue weighted by Gasteiger charge is -2.19. The summed E-state index contributed by atoms with van der Waals surface area (Å²) in [7, 11) is 0. The average Bonchev–Trinajstić information content (AvgIpc) is 2.38. The van der Waals surface area contributed by atoms with E-state index in [0.717, 1.165) is 0 Å². The Morgan fingerprint density at radius 2 is 2.36 bits per heavy atom. The minimum atomic E-state index is -1.23. The molecule has 0 amide bonds. The largest absolute Gasteiger partial charge is 0.468 e. The van der Waals surface area contributed by atoms with E-state index < -0.39 is 11.8 Å². The van der Waals surface area contributed by atoms with Crippen LogP contribution in [-0.2, 0) is 0 Å². The second-order valence-corrected chi connectivity index (χ2v) is 3.85. The van der Waals surface area contributed by atoms with Gasteiger partial charge in [0.15, 0.2) is 12.5 Å². The predicted molar refractivity (Wildman–Crippen MR) is 48.2 cm³/mol. The van der Waals surface area contributed by atoms with Gasteiger partial charge in [-0.25, -0.2) is 9.37 Å². The van der Waals surface area contributed by atoms with Crippen molar-refractivity contribution in [1.82, 2.24) is 4.98 Å². The van der Waals surface area contributed by atoms with Gasteiger partial charge in [-0.15, -0.1) is 0 Å². The number of hydrogen-bond donors (Lipinski definition) is 0. The first-order chi connectivity index (χ1) is 6.54. The van der Waals surface area contributed by atoms with Crippen molar-refractivity contribution >= 4 is 6.29 Å². The number of halogens is 1. The molecule has 4 heteroatoms. The molecule has 2 heterocycles. The van der Waals surface area contributed by atoms with Gasteiger partial charge in [0, 0.05) is 11.8 Å². The Morgan fingerprint density at radius 3 is 3.00 bits per heavy atom. The zero-order valence-electron chi connectivity index (χ0n) is 7.95. The van der Waals surface area contributed by atoms with Crippen LogP contribution in [0.5, 0.6) is 5.88 Å². The fourth-order valence-electron chi connectivity index (χ4n) is 1.49. The average molecular weight is 195 g/mol. The Balaban J connectivity index is 2.50. The predicted octanol–water partition coefficient (Wildman–Crippen LogP) is 2.08. The van der Waals surface area contributed by atoms with Gasteiger partial charge in [-0.2, -0.15) is 0 Å². The summed E-state index contributed by atoms with van der Waals surface area (Å²) in [6.07, 6.45) is 0.788. The smallest absolute Gasteiger partial charge is 0.220 e. The summed E-state index contributed by atoms with van der Waals surface area (Å²) in [6.45, 7) is 3.31. The van der Waals surface area contributed by atoms with Crippen molar-refractivity contribution in [2.75, 3.05) is 0 Å². The number of carbonyl (C=O) groups excluding carboxylic acids is 1. The van der Waals surface area contributed by atoms with Crippen molar-refractivity contribution in [3.63, 3.8) is 0 Å². The molecule has 0 aromatic carbocycles. The van der Waals surface area contributed by atoms with Gasteiger partial charge in [0.2, 0.25) is 5.88 Å². The topological polar surface area (TPSA) is 39.2 Å². The maximum Gasteiger partial charge on any atom is 0.220 e. The molecule has 0 radical (unpaired) electrons. The van der Waals surface area contributed by atoms with Crippen molar-refractivity contribution in [2.45, 2.75) is 25.6 Å². The normalized spacial score (nSPS) is 22.6. The Labute approximate surface area is 80.9 Å². The highest BCUT2D eigenvalue weighted by Gasteiger charge is 2.42. The highest BCUT2D eigenvalue weighted by molar-refractivity contribution is 5.75. The van der Waals surface area contributed by atoms with E-state index in [9.17, 15) is 9.18 Å². The van der Waals surface area contributed by atoms with Gasteiger partial charge in [0.05, 0.1) is 5.56 Å². The van der Waals surface area contributed by atoms with Crippen LogP contribution in [0.4, 0.5) is 4.39 Å². The molecule has 0 bridgehead atoms. The number of carbonyl (C=O) groups is 1. The molecule has 2 rings (SSSR count). The van der Waals surface area contributed by atoms with Crippen LogP contribution in [0, 0.1) is 0 Å². The molecule has 1 aromatic rings. The standard InChI is InChI=1S/C10H10FNO2/c1-10(2)8(11)7-3-6(5-13)4-12-9(7)14-10/h3-5,8H,1-2H3. The first-order valence-electron chi connectivity index (χ1n) is 4.33. The minimum absolute atomic E-state index is 0.285. The third-order valence-corrected chi connectivity index (χ3v) is 2.28. The molecule has 14 heavy (non-hydrogen) atoms. The summed E-state index contributed by atoms with van der Waals surface area (Å²) < 4.78 is 19.0. The van der Waals surface area contributed by atoms with Crippen molar-refractivity contribution in [1.29, 1.82) is 0 Å². The third-order valence-electron chi connectivity index (χ3n) is 2.28. The van der Waals surface area contributed by atoms with E-state index in [1.54, 1.807) is 13.8 Å². The molecule has 0 spiro atoms. The number of aromatic nitrogens is 1.